The number of carbonyl (C=O) groups excluding carboxylic acids is 3. The monoisotopic (exact) mass is 501 g/mol. The molecule has 2 bridgehead atoms. The highest BCUT2D eigenvalue weighted by Crippen LogP contribution is 2.26. The summed E-state index contributed by atoms with van der Waals surface area (Å²) in [6.07, 6.45) is 10.2. The Balaban J connectivity index is 2.45. The maximum atomic E-state index is 13.1. The number of hydrogen-bond donors (Lipinski definition) is 1. The second-order valence-electron chi connectivity index (χ2n) is 9.18. The number of methoxy groups -OCH3 is 4. The second kappa shape index (κ2) is 14.1. The number of ketones is 2. The third-order valence-corrected chi connectivity index (χ3v) is 6.49. The van der Waals surface area contributed by atoms with Crippen LogP contribution in [0.1, 0.15) is 46.5 Å². The Hall–Kier alpha value is -2.81. The third-order valence-electron chi connectivity index (χ3n) is 6.49. The number of fused-ring (bicyclic) bond motifs is 2. The molecule has 2 rings (SSSR count). The number of Topliss-reactive ketones (excluding diaryl/α,β-unsaturated/α-hetero) is 1. The molecule has 0 aromatic heterocycles. The van der Waals surface area contributed by atoms with Gasteiger partial charge in [-0.25, -0.2) is 0 Å². The molecule has 8 nitrogen and oxygen atoms in total. The number of ether oxygens (including phenoxy) is 4. The van der Waals surface area contributed by atoms with E-state index in [-0.39, 0.29) is 41.3 Å². The van der Waals surface area contributed by atoms with E-state index in [2.05, 4.69) is 18.3 Å². The van der Waals surface area contributed by atoms with E-state index in [4.69, 9.17) is 18.9 Å². The summed E-state index contributed by atoms with van der Waals surface area (Å²) in [7, 11) is 6.29. The van der Waals surface area contributed by atoms with Crippen LogP contribution in [0.25, 0.3) is 0 Å². The second-order valence-corrected chi connectivity index (χ2v) is 9.18. The van der Waals surface area contributed by atoms with E-state index in [1.54, 1.807) is 40.4 Å². The van der Waals surface area contributed by atoms with Gasteiger partial charge in [-0.2, -0.15) is 0 Å². The summed E-state index contributed by atoms with van der Waals surface area (Å²) in [5.41, 5.74) is 1.61. The van der Waals surface area contributed by atoms with Crippen molar-refractivity contribution in [3.05, 3.63) is 58.6 Å². The molecule has 198 valence electrons. The van der Waals surface area contributed by atoms with Gasteiger partial charge < -0.3 is 24.3 Å². The van der Waals surface area contributed by atoms with Crippen LogP contribution in [0, 0.1) is 5.92 Å². The largest absolute Gasteiger partial charge is 0.492 e. The van der Waals surface area contributed by atoms with E-state index in [1.165, 1.54) is 7.11 Å². The summed E-state index contributed by atoms with van der Waals surface area (Å²) in [5.74, 6) is -1.10. The van der Waals surface area contributed by atoms with Crippen LogP contribution >= 0.6 is 0 Å². The Bertz CT molecular complexity index is 986. The van der Waals surface area contributed by atoms with Gasteiger partial charge in [-0.3, -0.25) is 14.4 Å². The lowest BCUT2D eigenvalue weighted by Crippen LogP contribution is -2.33. The number of hydrogen-bond acceptors (Lipinski definition) is 7. The number of carbonyl (C=O) groups is 3. The topological polar surface area (TPSA) is 100 Å². The molecule has 1 aliphatic heterocycles. The van der Waals surface area contributed by atoms with E-state index >= 15 is 0 Å². The third kappa shape index (κ3) is 7.59. The Morgan fingerprint density at radius 2 is 1.72 bits per heavy atom. The van der Waals surface area contributed by atoms with Gasteiger partial charge in [0, 0.05) is 38.6 Å². The van der Waals surface area contributed by atoms with E-state index in [1.807, 2.05) is 13.0 Å². The summed E-state index contributed by atoms with van der Waals surface area (Å²) in [5, 5.41) is 2.59. The lowest BCUT2D eigenvalue weighted by Gasteiger charge is -2.25. The summed E-state index contributed by atoms with van der Waals surface area (Å²) < 4.78 is 22.3. The molecule has 8 heteroatoms. The van der Waals surface area contributed by atoms with Crippen molar-refractivity contribution in [2.75, 3.05) is 28.4 Å². The first kappa shape index (κ1) is 29.4. The fraction of sp³-hybridized carbons (Fsp3) is 0.536. The molecule has 0 aromatic carbocycles. The quantitative estimate of drug-likeness (QED) is 0.463. The standard InChI is InChI=1S/C28H39NO7/c1-17-14-19(3)26(35-6)24(34-5)13-8-10-18(2)28(32)29-22-16-23(30)27(36-7)21(25(22)31)12-9-11-20(15-17)33-4/h8,10,13-14,16-17,20,24,26H,9,11-12,15H2,1-7H3,(H,29,32)/b13-8-,18-10+,19-14+/t17-,20?,24?,26?/m0/s1. The highest BCUT2D eigenvalue weighted by Gasteiger charge is 2.30. The molecule has 0 saturated heterocycles. The minimum absolute atomic E-state index is 0.0243. The Kier molecular flexibility index (Phi) is 11.5. The Morgan fingerprint density at radius 3 is 2.33 bits per heavy atom. The predicted molar refractivity (Wildman–Crippen MR) is 137 cm³/mol. The van der Waals surface area contributed by atoms with Crippen LogP contribution in [-0.2, 0) is 33.3 Å². The predicted octanol–water partition coefficient (Wildman–Crippen LogP) is 3.74. The number of amides is 1. The molecular formula is C28H39NO7. The first-order valence-corrected chi connectivity index (χ1v) is 12.2. The minimum Gasteiger partial charge on any atom is -0.492 e. The summed E-state index contributed by atoms with van der Waals surface area (Å²) in [6, 6.07) is 0. The van der Waals surface area contributed by atoms with E-state index in [0.717, 1.165) is 18.1 Å². The van der Waals surface area contributed by atoms with Crippen LogP contribution in [-0.4, -0.2) is 64.2 Å². The molecular weight excluding hydrogens is 462 g/mol. The van der Waals surface area contributed by atoms with E-state index in [9.17, 15) is 14.4 Å². The van der Waals surface area contributed by atoms with Crippen LogP contribution < -0.4 is 5.32 Å². The lowest BCUT2D eigenvalue weighted by atomic mass is 9.91. The first-order valence-electron chi connectivity index (χ1n) is 12.2. The fourth-order valence-corrected chi connectivity index (χ4v) is 4.57. The molecule has 0 spiro atoms. The lowest BCUT2D eigenvalue weighted by molar-refractivity contribution is -0.120. The summed E-state index contributed by atoms with van der Waals surface area (Å²) in [4.78, 5) is 38.5. The van der Waals surface area contributed by atoms with E-state index < -0.39 is 17.5 Å². The maximum Gasteiger partial charge on any atom is 0.251 e. The van der Waals surface area contributed by atoms with Gasteiger partial charge in [-0.15, -0.1) is 0 Å². The van der Waals surface area contributed by atoms with Gasteiger partial charge in [0.2, 0.25) is 11.6 Å². The van der Waals surface area contributed by atoms with Crippen LogP contribution in [0.3, 0.4) is 0 Å². The Labute approximate surface area is 214 Å². The molecule has 1 heterocycles. The smallest absolute Gasteiger partial charge is 0.251 e. The normalized spacial score (nSPS) is 31.1. The first-order chi connectivity index (χ1) is 17.2. The van der Waals surface area contributed by atoms with Gasteiger partial charge in [-0.05, 0) is 51.0 Å². The van der Waals surface area contributed by atoms with Crippen molar-refractivity contribution in [1.29, 1.82) is 0 Å². The van der Waals surface area contributed by atoms with Gasteiger partial charge in [0.1, 0.15) is 12.2 Å². The van der Waals surface area contributed by atoms with Crippen molar-refractivity contribution in [1.82, 2.24) is 5.32 Å². The molecule has 1 N–H and O–H groups in total. The van der Waals surface area contributed by atoms with Crippen molar-refractivity contribution in [2.24, 2.45) is 5.92 Å². The van der Waals surface area contributed by atoms with Gasteiger partial charge in [0.25, 0.3) is 5.91 Å². The van der Waals surface area contributed by atoms with Crippen molar-refractivity contribution in [3.63, 3.8) is 0 Å². The number of allylic oxidation sites excluding steroid dienone is 5. The zero-order valence-electron chi connectivity index (χ0n) is 22.4. The van der Waals surface area contributed by atoms with E-state index in [0.29, 0.717) is 24.8 Å². The van der Waals surface area contributed by atoms with Crippen LogP contribution in [0.4, 0.5) is 0 Å². The molecule has 0 radical (unpaired) electrons. The molecule has 2 aliphatic rings. The van der Waals surface area contributed by atoms with Crippen molar-refractivity contribution < 1.29 is 33.3 Å². The van der Waals surface area contributed by atoms with Crippen LogP contribution in [0.5, 0.6) is 0 Å². The highest BCUT2D eigenvalue weighted by atomic mass is 16.5. The highest BCUT2D eigenvalue weighted by molar-refractivity contribution is 6.23. The molecule has 0 aromatic rings. The zero-order chi connectivity index (χ0) is 26.8. The number of nitrogens with one attached hydrogen (secondary N) is 1. The number of rotatable bonds is 4. The fourth-order valence-electron chi connectivity index (χ4n) is 4.57. The summed E-state index contributed by atoms with van der Waals surface area (Å²) in [6.45, 7) is 5.76. The average molecular weight is 502 g/mol. The Morgan fingerprint density at radius 1 is 1.00 bits per heavy atom. The minimum atomic E-state index is -0.480. The molecule has 1 aliphatic carbocycles. The molecule has 36 heavy (non-hydrogen) atoms. The van der Waals surface area contributed by atoms with Crippen molar-refractivity contribution in [3.8, 4) is 0 Å². The molecule has 4 atom stereocenters. The molecule has 1 amide bonds. The van der Waals surface area contributed by atoms with Crippen molar-refractivity contribution >= 4 is 17.5 Å². The SMILES string of the molecule is COC1=C2CCCC(OC)C[C@@H](C)/C=C(\C)C(OC)C(OC)/C=C\C=C(/C)C(=O)NC(=CC1=O)C2=O. The van der Waals surface area contributed by atoms with Crippen LogP contribution in [0.15, 0.2) is 58.6 Å². The zero-order valence-corrected chi connectivity index (χ0v) is 22.4. The van der Waals surface area contributed by atoms with Gasteiger partial charge in [-0.1, -0.05) is 31.2 Å². The van der Waals surface area contributed by atoms with Gasteiger partial charge >= 0.3 is 0 Å². The maximum absolute atomic E-state index is 13.1. The van der Waals surface area contributed by atoms with Crippen LogP contribution in [0.2, 0.25) is 0 Å². The molecule has 0 fully saturated rings. The average Bonchev–Trinajstić information content (AvgIpc) is 2.84. The molecule has 0 saturated carbocycles. The van der Waals surface area contributed by atoms with Gasteiger partial charge in [0.15, 0.2) is 5.76 Å². The summed E-state index contributed by atoms with van der Waals surface area (Å²) >= 11 is 0. The molecule has 3 unspecified atom stereocenters. The van der Waals surface area contributed by atoms with Crippen molar-refractivity contribution in [2.45, 2.75) is 64.8 Å². The van der Waals surface area contributed by atoms with Gasteiger partial charge in [0.05, 0.1) is 18.9 Å².